The molecule has 0 amide bonds. The van der Waals surface area contributed by atoms with Crippen molar-refractivity contribution in [3.8, 4) is 0 Å². The number of unbranched alkanes of at least 4 members (excludes halogenated alkanes) is 5. The van der Waals surface area contributed by atoms with Gasteiger partial charge in [0.15, 0.2) is 0 Å². The highest BCUT2D eigenvalue weighted by atomic mass is 16.6. The van der Waals surface area contributed by atoms with Crippen molar-refractivity contribution in [3.05, 3.63) is 12.2 Å². The second kappa shape index (κ2) is 12.0. The average molecular weight is 316 g/mol. The molecule has 130 valence electrons. The van der Waals surface area contributed by atoms with Crippen molar-refractivity contribution >= 4 is 0 Å². The fourth-order valence-electron chi connectivity index (χ4n) is 2.62. The highest BCUT2D eigenvalue weighted by Crippen LogP contribution is 2.19. The summed E-state index contributed by atoms with van der Waals surface area (Å²) in [6, 6.07) is 0. The summed E-state index contributed by atoms with van der Waals surface area (Å²) in [5.41, 5.74) is 0. The van der Waals surface area contributed by atoms with Crippen LogP contribution in [0.3, 0.4) is 0 Å². The zero-order valence-corrected chi connectivity index (χ0v) is 13.7. The van der Waals surface area contributed by atoms with E-state index in [1.54, 1.807) is 0 Å². The molecule has 0 saturated carbocycles. The largest absolute Gasteiger partial charge is 0.394 e. The van der Waals surface area contributed by atoms with Gasteiger partial charge in [0.1, 0.15) is 24.4 Å². The van der Waals surface area contributed by atoms with Crippen molar-refractivity contribution in [2.75, 3.05) is 19.8 Å². The minimum atomic E-state index is -0.990. The lowest BCUT2D eigenvalue weighted by Gasteiger charge is -2.37. The molecule has 1 saturated heterocycles. The number of aliphatic hydroxyl groups is 3. The van der Waals surface area contributed by atoms with Crippen molar-refractivity contribution in [1.82, 2.24) is 0 Å². The second-order valence-electron chi connectivity index (χ2n) is 5.88. The van der Waals surface area contributed by atoms with Gasteiger partial charge in [-0.25, -0.2) is 0 Å². The first-order chi connectivity index (χ1) is 10.7. The molecule has 1 fully saturated rings. The summed E-state index contributed by atoms with van der Waals surface area (Å²) in [7, 11) is 0. The summed E-state index contributed by atoms with van der Waals surface area (Å²) in [5.74, 6) is 0. The molecule has 0 aromatic heterocycles. The Kier molecular flexibility index (Phi) is 10.7. The van der Waals surface area contributed by atoms with Gasteiger partial charge in [-0.3, -0.25) is 0 Å². The summed E-state index contributed by atoms with van der Waals surface area (Å²) in [6.45, 7) is 2.49. The molecule has 1 aliphatic rings. The van der Waals surface area contributed by atoms with Crippen molar-refractivity contribution in [3.63, 3.8) is 0 Å². The van der Waals surface area contributed by atoms with Gasteiger partial charge in [0, 0.05) is 6.61 Å². The Balaban J connectivity index is 2.06. The third kappa shape index (κ3) is 7.20. The molecule has 22 heavy (non-hydrogen) atoms. The molecule has 0 spiro atoms. The molecule has 0 aromatic carbocycles. The van der Waals surface area contributed by atoms with E-state index in [0.717, 1.165) is 25.7 Å². The maximum atomic E-state index is 9.91. The molecule has 0 aliphatic carbocycles. The third-order valence-electron chi connectivity index (χ3n) is 3.99. The predicted octanol–water partition coefficient (Wildman–Crippen LogP) is 1.79. The molecular formula is C17H32O5. The third-order valence-corrected chi connectivity index (χ3v) is 3.99. The molecule has 0 bridgehead atoms. The fourth-order valence-corrected chi connectivity index (χ4v) is 2.62. The number of hydrogen-bond donors (Lipinski definition) is 3. The van der Waals surface area contributed by atoms with Crippen LogP contribution in [0.2, 0.25) is 0 Å². The zero-order valence-electron chi connectivity index (χ0n) is 13.7. The maximum absolute atomic E-state index is 9.91. The van der Waals surface area contributed by atoms with Gasteiger partial charge in [-0.05, 0) is 25.7 Å². The van der Waals surface area contributed by atoms with E-state index in [1.807, 2.05) is 0 Å². The monoisotopic (exact) mass is 316 g/mol. The van der Waals surface area contributed by atoms with E-state index >= 15 is 0 Å². The minimum absolute atomic E-state index is 0.0404. The SMILES string of the molecule is CC/C=C/CCCCCCCO[C@@H]1[C@@H](O)[C@H](O)CO[C@H]1CO. The van der Waals surface area contributed by atoms with Gasteiger partial charge in [0.05, 0.1) is 13.2 Å². The summed E-state index contributed by atoms with van der Waals surface area (Å²) >= 11 is 0. The molecule has 1 aliphatic heterocycles. The summed E-state index contributed by atoms with van der Waals surface area (Å²) in [6.07, 6.45) is 9.23. The second-order valence-corrected chi connectivity index (χ2v) is 5.88. The van der Waals surface area contributed by atoms with Crippen LogP contribution in [0.1, 0.15) is 51.9 Å². The standard InChI is InChI=1S/C17H32O5/c1-2-3-4-5-6-7-8-9-10-11-21-17-15(12-18)22-13-14(19)16(17)20/h3-4,14-20H,2,5-13H2,1H3/b4-3+/t14-,15+,16+,17+/m1/s1. The van der Waals surface area contributed by atoms with Crippen LogP contribution in [-0.4, -0.2) is 59.6 Å². The van der Waals surface area contributed by atoms with Crippen molar-refractivity contribution in [1.29, 1.82) is 0 Å². The van der Waals surface area contributed by atoms with Crippen LogP contribution in [0.4, 0.5) is 0 Å². The number of aliphatic hydroxyl groups excluding tert-OH is 3. The lowest BCUT2D eigenvalue weighted by atomic mass is 10.0. The highest BCUT2D eigenvalue weighted by Gasteiger charge is 2.39. The molecular weight excluding hydrogens is 284 g/mol. The Labute approximate surface area is 133 Å². The Morgan fingerprint density at radius 2 is 1.82 bits per heavy atom. The van der Waals surface area contributed by atoms with Crippen molar-refractivity contribution in [2.45, 2.75) is 76.3 Å². The van der Waals surface area contributed by atoms with E-state index in [-0.39, 0.29) is 13.2 Å². The molecule has 5 nitrogen and oxygen atoms in total. The van der Waals surface area contributed by atoms with E-state index in [4.69, 9.17) is 9.47 Å². The Bertz CT molecular complexity index is 293. The van der Waals surface area contributed by atoms with Crippen LogP contribution >= 0.6 is 0 Å². The van der Waals surface area contributed by atoms with E-state index in [2.05, 4.69) is 19.1 Å². The molecule has 1 heterocycles. The number of allylic oxidation sites excluding steroid dienone is 2. The Hall–Kier alpha value is -0.460. The van der Waals surface area contributed by atoms with E-state index in [9.17, 15) is 15.3 Å². The van der Waals surface area contributed by atoms with Gasteiger partial charge in [-0.1, -0.05) is 38.3 Å². The smallest absolute Gasteiger partial charge is 0.114 e. The molecule has 1 rings (SSSR count). The summed E-state index contributed by atoms with van der Waals surface area (Å²) < 4.78 is 10.9. The molecule has 3 N–H and O–H groups in total. The van der Waals surface area contributed by atoms with E-state index in [0.29, 0.717) is 6.61 Å². The van der Waals surface area contributed by atoms with Crippen LogP contribution in [0.5, 0.6) is 0 Å². The summed E-state index contributed by atoms with van der Waals surface area (Å²) in [5, 5.41) is 28.7. The Morgan fingerprint density at radius 3 is 2.55 bits per heavy atom. The highest BCUT2D eigenvalue weighted by molar-refractivity contribution is 4.87. The predicted molar refractivity (Wildman–Crippen MR) is 85.7 cm³/mol. The van der Waals surface area contributed by atoms with Gasteiger partial charge in [-0.15, -0.1) is 0 Å². The van der Waals surface area contributed by atoms with Crippen LogP contribution in [-0.2, 0) is 9.47 Å². The normalized spacial score (nSPS) is 29.3. The van der Waals surface area contributed by atoms with Crippen molar-refractivity contribution < 1.29 is 24.8 Å². The van der Waals surface area contributed by atoms with Gasteiger partial charge < -0.3 is 24.8 Å². The molecule has 0 radical (unpaired) electrons. The Morgan fingerprint density at radius 1 is 1.09 bits per heavy atom. The first-order valence-corrected chi connectivity index (χ1v) is 8.55. The first-order valence-electron chi connectivity index (χ1n) is 8.55. The number of ether oxygens (including phenoxy) is 2. The van der Waals surface area contributed by atoms with Gasteiger partial charge >= 0.3 is 0 Å². The van der Waals surface area contributed by atoms with Gasteiger partial charge in [-0.2, -0.15) is 0 Å². The fraction of sp³-hybridized carbons (Fsp3) is 0.882. The lowest BCUT2D eigenvalue weighted by molar-refractivity contribution is -0.211. The van der Waals surface area contributed by atoms with Crippen LogP contribution in [0.15, 0.2) is 12.2 Å². The average Bonchev–Trinajstić information content (AvgIpc) is 2.53. The quantitative estimate of drug-likeness (QED) is 0.400. The van der Waals surface area contributed by atoms with Crippen LogP contribution in [0, 0.1) is 0 Å². The molecule has 0 aromatic rings. The number of rotatable bonds is 11. The minimum Gasteiger partial charge on any atom is -0.394 e. The summed E-state index contributed by atoms with van der Waals surface area (Å²) in [4.78, 5) is 0. The van der Waals surface area contributed by atoms with E-state index in [1.165, 1.54) is 19.3 Å². The van der Waals surface area contributed by atoms with Crippen molar-refractivity contribution in [2.24, 2.45) is 0 Å². The molecule has 5 heteroatoms. The van der Waals surface area contributed by atoms with E-state index < -0.39 is 24.4 Å². The maximum Gasteiger partial charge on any atom is 0.114 e. The topological polar surface area (TPSA) is 79.2 Å². The van der Waals surface area contributed by atoms with Crippen LogP contribution < -0.4 is 0 Å². The van der Waals surface area contributed by atoms with Gasteiger partial charge in [0.25, 0.3) is 0 Å². The van der Waals surface area contributed by atoms with Crippen LogP contribution in [0.25, 0.3) is 0 Å². The van der Waals surface area contributed by atoms with Gasteiger partial charge in [0.2, 0.25) is 0 Å². The zero-order chi connectivity index (χ0) is 16.2. The first kappa shape index (κ1) is 19.6. The molecule has 0 unspecified atom stereocenters. The lowest BCUT2D eigenvalue weighted by Crippen LogP contribution is -2.55. The number of hydrogen-bond acceptors (Lipinski definition) is 5. The molecule has 4 atom stereocenters.